The first-order valence-electron chi connectivity index (χ1n) is 17.1. The topological polar surface area (TPSA) is 51.8 Å². The van der Waals surface area contributed by atoms with Gasteiger partial charge in [-0.3, -0.25) is 0 Å². The summed E-state index contributed by atoms with van der Waals surface area (Å²) in [6, 6.07) is 61.1. The fourth-order valence-electron chi connectivity index (χ4n) is 7.10. The second-order valence-corrected chi connectivity index (χ2v) is 12.9. The van der Waals surface area contributed by atoms with Crippen molar-refractivity contribution in [2.45, 2.75) is 0 Å². The quantitative estimate of drug-likeness (QED) is 0.186. The summed E-state index contributed by atoms with van der Waals surface area (Å²) in [6.07, 6.45) is 0. The lowest BCUT2D eigenvalue weighted by atomic mass is 9.96. The van der Waals surface area contributed by atoms with E-state index in [1.54, 1.807) is 0 Å². The van der Waals surface area contributed by atoms with Crippen molar-refractivity contribution in [3.8, 4) is 56.4 Å². The monoisotopic (exact) mass is 651 g/mol. The van der Waals surface area contributed by atoms with Crippen LogP contribution in [0.25, 0.3) is 99.9 Å². The van der Waals surface area contributed by atoms with Crippen LogP contribution >= 0.6 is 0 Å². The van der Waals surface area contributed by atoms with E-state index in [4.69, 9.17) is 19.4 Å². The van der Waals surface area contributed by atoms with Crippen molar-refractivity contribution in [1.29, 1.82) is 0 Å². The zero-order chi connectivity index (χ0) is 33.7. The van der Waals surface area contributed by atoms with Crippen LogP contribution < -0.4 is 0 Å². The van der Waals surface area contributed by atoms with E-state index >= 15 is 0 Å². The second kappa shape index (κ2) is 11.9. The summed E-state index contributed by atoms with van der Waals surface area (Å²) in [5.74, 6) is 1.83. The number of furan rings is 1. The standard InChI is InChI=1S/C47H29N3O/c1-3-11-30(12-4-1)34-21-22-36-27-38(24-23-35(36)26-34)46-48-45(32-14-5-2-6-15-32)49-47(50-46)41-28-39(37-20-19-31-13-7-8-16-33(31)25-37)29-43-44(41)40-17-9-10-18-42(40)51-43/h1-29H. The minimum Gasteiger partial charge on any atom is -0.456 e. The molecule has 51 heavy (non-hydrogen) atoms. The number of rotatable bonds is 5. The molecule has 0 N–H and O–H groups in total. The first-order chi connectivity index (χ1) is 25.2. The minimum atomic E-state index is 0.595. The number of benzene rings is 8. The Labute approximate surface area is 294 Å². The number of aromatic nitrogens is 3. The summed E-state index contributed by atoms with van der Waals surface area (Å²) in [6.45, 7) is 0. The number of nitrogens with zero attached hydrogens (tertiary/aromatic N) is 3. The Hall–Kier alpha value is -6.91. The first-order valence-corrected chi connectivity index (χ1v) is 17.1. The SMILES string of the molecule is c1ccc(-c2ccc3cc(-c4nc(-c5ccccc5)nc(-c5cc(-c6ccc7ccccc7c6)cc6oc7ccccc7c56)n4)ccc3c2)cc1. The molecule has 0 bridgehead atoms. The highest BCUT2D eigenvalue weighted by molar-refractivity contribution is 6.13. The van der Waals surface area contributed by atoms with Crippen molar-refractivity contribution < 1.29 is 4.42 Å². The molecule has 8 aromatic carbocycles. The van der Waals surface area contributed by atoms with E-state index in [0.717, 1.165) is 60.5 Å². The first kappa shape index (κ1) is 29.0. The molecule has 0 amide bonds. The molecule has 0 radical (unpaired) electrons. The third-order valence-electron chi connectivity index (χ3n) is 9.68. The van der Waals surface area contributed by atoms with Crippen molar-refractivity contribution in [3.63, 3.8) is 0 Å². The maximum atomic E-state index is 6.51. The second-order valence-electron chi connectivity index (χ2n) is 12.9. The molecule has 0 aliphatic carbocycles. The predicted molar refractivity (Wildman–Crippen MR) is 209 cm³/mol. The summed E-state index contributed by atoms with van der Waals surface area (Å²) in [7, 11) is 0. The zero-order valence-electron chi connectivity index (χ0n) is 27.5. The molecule has 0 unspecified atom stereocenters. The number of hydrogen-bond donors (Lipinski definition) is 0. The Bertz CT molecular complexity index is 2910. The Morgan fingerprint density at radius 1 is 0.314 bits per heavy atom. The molecule has 0 spiro atoms. The Kier molecular flexibility index (Phi) is 6.78. The molecule has 238 valence electrons. The molecule has 4 nitrogen and oxygen atoms in total. The zero-order valence-corrected chi connectivity index (χ0v) is 27.5. The van der Waals surface area contributed by atoms with Crippen LogP contribution in [0.4, 0.5) is 0 Å². The minimum absolute atomic E-state index is 0.595. The van der Waals surface area contributed by atoms with Crippen LogP contribution in [0.3, 0.4) is 0 Å². The number of hydrogen-bond acceptors (Lipinski definition) is 4. The molecule has 2 aromatic heterocycles. The molecule has 10 rings (SSSR count). The van der Waals surface area contributed by atoms with Gasteiger partial charge in [0.25, 0.3) is 0 Å². The summed E-state index contributed by atoms with van der Waals surface area (Å²) < 4.78 is 6.51. The Balaban J connectivity index is 1.19. The van der Waals surface area contributed by atoms with Crippen LogP contribution in [0.15, 0.2) is 180 Å². The lowest BCUT2D eigenvalue weighted by molar-refractivity contribution is 0.669. The van der Waals surface area contributed by atoms with E-state index in [-0.39, 0.29) is 0 Å². The van der Waals surface area contributed by atoms with Gasteiger partial charge in [-0.2, -0.15) is 0 Å². The van der Waals surface area contributed by atoms with E-state index in [2.05, 4.69) is 121 Å². The molecule has 0 fully saturated rings. The number of fused-ring (bicyclic) bond motifs is 5. The van der Waals surface area contributed by atoms with E-state index < -0.39 is 0 Å². The van der Waals surface area contributed by atoms with Gasteiger partial charge in [0.1, 0.15) is 11.2 Å². The van der Waals surface area contributed by atoms with Gasteiger partial charge in [-0.1, -0.05) is 140 Å². The summed E-state index contributed by atoms with van der Waals surface area (Å²) >= 11 is 0. The highest BCUT2D eigenvalue weighted by Crippen LogP contribution is 2.40. The third kappa shape index (κ3) is 5.22. The van der Waals surface area contributed by atoms with Gasteiger partial charge in [-0.15, -0.1) is 0 Å². The molecule has 0 aliphatic heterocycles. The Morgan fingerprint density at radius 2 is 0.843 bits per heavy atom. The molecule has 0 atom stereocenters. The lowest BCUT2D eigenvalue weighted by Crippen LogP contribution is -2.00. The van der Waals surface area contributed by atoms with Gasteiger partial charge in [0.05, 0.1) is 0 Å². The van der Waals surface area contributed by atoms with Crippen LogP contribution in [0.2, 0.25) is 0 Å². The van der Waals surface area contributed by atoms with Gasteiger partial charge < -0.3 is 4.42 Å². The average Bonchev–Trinajstić information content (AvgIpc) is 3.59. The van der Waals surface area contributed by atoms with Crippen LogP contribution in [0.1, 0.15) is 0 Å². The van der Waals surface area contributed by atoms with Gasteiger partial charge in [-0.25, -0.2) is 15.0 Å². The average molecular weight is 652 g/mol. The molecule has 0 aliphatic rings. The van der Waals surface area contributed by atoms with Crippen LogP contribution in [-0.2, 0) is 0 Å². The molecular weight excluding hydrogens is 623 g/mol. The van der Waals surface area contributed by atoms with Gasteiger partial charge in [0.15, 0.2) is 17.5 Å². The molecule has 4 heteroatoms. The van der Waals surface area contributed by atoms with Gasteiger partial charge in [0.2, 0.25) is 0 Å². The summed E-state index contributed by atoms with van der Waals surface area (Å²) in [4.78, 5) is 15.5. The van der Waals surface area contributed by atoms with Gasteiger partial charge in [0, 0.05) is 27.5 Å². The van der Waals surface area contributed by atoms with E-state index in [9.17, 15) is 0 Å². The van der Waals surface area contributed by atoms with Crippen molar-refractivity contribution in [1.82, 2.24) is 15.0 Å². The normalized spacial score (nSPS) is 11.5. The predicted octanol–water partition coefficient (Wildman–Crippen LogP) is 12.4. The summed E-state index contributed by atoms with van der Waals surface area (Å²) in [5.41, 5.74) is 8.88. The smallest absolute Gasteiger partial charge is 0.164 e. The van der Waals surface area contributed by atoms with Crippen molar-refractivity contribution >= 4 is 43.5 Å². The largest absolute Gasteiger partial charge is 0.456 e. The van der Waals surface area contributed by atoms with E-state index in [0.29, 0.717) is 17.5 Å². The van der Waals surface area contributed by atoms with E-state index in [1.165, 1.54) is 21.9 Å². The molecule has 2 heterocycles. The maximum Gasteiger partial charge on any atom is 0.164 e. The van der Waals surface area contributed by atoms with Gasteiger partial charge >= 0.3 is 0 Å². The summed E-state index contributed by atoms with van der Waals surface area (Å²) in [5, 5.41) is 6.67. The van der Waals surface area contributed by atoms with Crippen molar-refractivity contribution in [3.05, 3.63) is 176 Å². The van der Waals surface area contributed by atoms with Crippen LogP contribution in [-0.4, -0.2) is 15.0 Å². The third-order valence-corrected chi connectivity index (χ3v) is 9.68. The van der Waals surface area contributed by atoms with Crippen molar-refractivity contribution in [2.24, 2.45) is 0 Å². The highest BCUT2D eigenvalue weighted by atomic mass is 16.3. The Morgan fingerprint density at radius 3 is 1.61 bits per heavy atom. The highest BCUT2D eigenvalue weighted by Gasteiger charge is 2.20. The van der Waals surface area contributed by atoms with Crippen LogP contribution in [0, 0.1) is 0 Å². The van der Waals surface area contributed by atoms with E-state index in [1.807, 2.05) is 54.6 Å². The molecule has 0 saturated heterocycles. The molecule has 0 saturated carbocycles. The van der Waals surface area contributed by atoms with Crippen LogP contribution in [0.5, 0.6) is 0 Å². The van der Waals surface area contributed by atoms with Gasteiger partial charge in [-0.05, 0) is 80.2 Å². The maximum absolute atomic E-state index is 6.51. The van der Waals surface area contributed by atoms with Crippen molar-refractivity contribution in [2.75, 3.05) is 0 Å². The lowest BCUT2D eigenvalue weighted by Gasteiger charge is -2.12. The molecular formula is C47H29N3O. The molecule has 10 aromatic rings. The fourth-order valence-corrected chi connectivity index (χ4v) is 7.10. The number of para-hydroxylation sites is 1. The fraction of sp³-hybridized carbons (Fsp3) is 0.